The quantitative estimate of drug-likeness (QED) is 0.782. The molecule has 0 saturated carbocycles. The van der Waals surface area contributed by atoms with Gasteiger partial charge in [0.15, 0.2) is 0 Å². The predicted molar refractivity (Wildman–Crippen MR) is 86.9 cm³/mol. The summed E-state index contributed by atoms with van der Waals surface area (Å²) in [6.07, 6.45) is -5.74. The van der Waals surface area contributed by atoms with E-state index in [9.17, 15) is 22.8 Å². The average Bonchev–Trinajstić information content (AvgIpc) is 2.41. The lowest BCUT2D eigenvalue weighted by Gasteiger charge is -2.28. The number of nitrogens with zero attached hydrogens (tertiary/aromatic N) is 1. The van der Waals surface area contributed by atoms with Crippen molar-refractivity contribution in [2.75, 3.05) is 11.4 Å². The number of hydrogen-bond donors (Lipinski definition) is 1. The molecule has 25 heavy (non-hydrogen) atoms. The van der Waals surface area contributed by atoms with E-state index >= 15 is 0 Å². The Morgan fingerprint density at radius 1 is 1.24 bits per heavy atom. The molecule has 1 rings (SSSR count). The van der Waals surface area contributed by atoms with Gasteiger partial charge in [0, 0.05) is 18.7 Å². The van der Waals surface area contributed by atoms with E-state index in [1.807, 2.05) is 0 Å². The number of anilines is 1. The number of alkyl halides is 3. The predicted octanol–water partition coefficient (Wildman–Crippen LogP) is 4.97. The van der Waals surface area contributed by atoms with Gasteiger partial charge in [-0.2, -0.15) is 13.2 Å². The SMILES string of the molecule is CC(C)(C)OC(=O)N(CCCC(=O)O)c1ccc(Cl)c(C(F)(F)F)c1. The molecule has 0 heterocycles. The van der Waals surface area contributed by atoms with Crippen molar-refractivity contribution in [2.24, 2.45) is 0 Å². The van der Waals surface area contributed by atoms with Gasteiger partial charge in [-0.1, -0.05) is 11.6 Å². The highest BCUT2D eigenvalue weighted by Gasteiger charge is 2.34. The van der Waals surface area contributed by atoms with Crippen LogP contribution < -0.4 is 4.90 Å². The molecule has 5 nitrogen and oxygen atoms in total. The van der Waals surface area contributed by atoms with Crippen molar-refractivity contribution in [3.05, 3.63) is 28.8 Å². The fourth-order valence-electron chi connectivity index (χ4n) is 1.93. The largest absolute Gasteiger partial charge is 0.481 e. The van der Waals surface area contributed by atoms with Crippen molar-refractivity contribution in [3.63, 3.8) is 0 Å². The zero-order valence-electron chi connectivity index (χ0n) is 14.0. The smallest absolute Gasteiger partial charge is 0.417 e. The van der Waals surface area contributed by atoms with Crippen LogP contribution in [0.1, 0.15) is 39.2 Å². The monoisotopic (exact) mass is 381 g/mol. The Balaban J connectivity index is 3.18. The van der Waals surface area contributed by atoms with Crippen LogP contribution in [-0.4, -0.2) is 29.3 Å². The standard InChI is InChI=1S/C16H19ClF3NO4/c1-15(2,3)25-14(24)21(8-4-5-13(22)23)10-6-7-12(17)11(9-10)16(18,19)20/h6-7,9H,4-5,8H2,1-3H3,(H,22,23). The molecular weight excluding hydrogens is 363 g/mol. The van der Waals surface area contributed by atoms with Gasteiger partial charge < -0.3 is 9.84 Å². The van der Waals surface area contributed by atoms with Crippen molar-refractivity contribution in [1.29, 1.82) is 0 Å². The van der Waals surface area contributed by atoms with E-state index in [1.165, 1.54) is 6.07 Å². The molecule has 0 aliphatic carbocycles. The third-order valence-electron chi connectivity index (χ3n) is 2.95. The van der Waals surface area contributed by atoms with Crippen LogP contribution in [0.25, 0.3) is 0 Å². The van der Waals surface area contributed by atoms with E-state index in [4.69, 9.17) is 21.4 Å². The Morgan fingerprint density at radius 3 is 2.32 bits per heavy atom. The van der Waals surface area contributed by atoms with Crippen LogP contribution in [0.4, 0.5) is 23.7 Å². The van der Waals surface area contributed by atoms with Crippen LogP contribution in [-0.2, 0) is 15.7 Å². The Bertz CT molecular complexity index is 641. The lowest BCUT2D eigenvalue weighted by molar-refractivity contribution is -0.138. The molecule has 0 saturated heterocycles. The first-order valence-corrected chi connectivity index (χ1v) is 7.78. The molecule has 9 heteroatoms. The fourth-order valence-corrected chi connectivity index (χ4v) is 2.15. The van der Waals surface area contributed by atoms with E-state index in [0.717, 1.165) is 17.0 Å². The van der Waals surface area contributed by atoms with Gasteiger partial charge in [-0.3, -0.25) is 9.69 Å². The summed E-state index contributed by atoms with van der Waals surface area (Å²) < 4.78 is 44.3. The summed E-state index contributed by atoms with van der Waals surface area (Å²) in [6.45, 7) is 4.73. The molecule has 1 aromatic carbocycles. The summed E-state index contributed by atoms with van der Waals surface area (Å²) in [5.74, 6) is -1.07. The zero-order chi connectivity index (χ0) is 19.4. The maximum Gasteiger partial charge on any atom is 0.417 e. The minimum Gasteiger partial charge on any atom is -0.481 e. The van der Waals surface area contributed by atoms with Gasteiger partial charge in [0.05, 0.1) is 10.6 Å². The fraction of sp³-hybridized carbons (Fsp3) is 0.500. The van der Waals surface area contributed by atoms with Crippen molar-refractivity contribution in [3.8, 4) is 0 Å². The van der Waals surface area contributed by atoms with Gasteiger partial charge >= 0.3 is 18.2 Å². The Morgan fingerprint density at radius 2 is 1.84 bits per heavy atom. The molecule has 0 spiro atoms. The topological polar surface area (TPSA) is 66.8 Å². The summed E-state index contributed by atoms with van der Waals surface area (Å²) in [5, 5.41) is 8.21. The molecule has 1 N–H and O–H groups in total. The molecule has 1 aromatic rings. The molecular formula is C16H19ClF3NO4. The summed E-state index contributed by atoms with van der Waals surface area (Å²) in [7, 11) is 0. The number of carbonyl (C=O) groups excluding carboxylic acids is 1. The molecule has 0 aliphatic heterocycles. The average molecular weight is 382 g/mol. The van der Waals surface area contributed by atoms with Crippen LogP contribution in [0.5, 0.6) is 0 Å². The second-order valence-corrected chi connectivity index (χ2v) is 6.70. The van der Waals surface area contributed by atoms with Gasteiger partial charge in [0.2, 0.25) is 0 Å². The van der Waals surface area contributed by atoms with Crippen molar-refractivity contribution in [1.82, 2.24) is 0 Å². The van der Waals surface area contributed by atoms with E-state index in [-0.39, 0.29) is 25.1 Å². The van der Waals surface area contributed by atoms with Gasteiger partial charge in [-0.15, -0.1) is 0 Å². The lowest BCUT2D eigenvalue weighted by atomic mass is 10.1. The first-order valence-electron chi connectivity index (χ1n) is 7.40. The van der Waals surface area contributed by atoms with E-state index in [2.05, 4.69) is 0 Å². The first kappa shape index (κ1) is 21.1. The number of halogens is 4. The number of amides is 1. The molecule has 140 valence electrons. The summed E-state index contributed by atoms with van der Waals surface area (Å²) in [4.78, 5) is 23.9. The normalized spacial score (nSPS) is 12.0. The summed E-state index contributed by atoms with van der Waals surface area (Å²) >= 11 is 5.59. The highest BCUT2D eigenvalue weighted by atomic mass is 35.5. The highest BCUT2D eigenvalue weighted by Crippen LogP contribution is 2.37. The summed E-state index contributed by atoms with van der Waals surface area (Å²) in [6, 6.07) is 3.03. The van der Waals surface area contributed by atoms with Gasteiger partial charge in [0.1, 0.15) is 5.60 Å². The number of benzene rings is 1. The minimum atomic E-state index is -4.69. The second-order valence-electron chi connectivity index (χ2n) is 6.29. The molecule has 0 unspecified atom stereocenters. The molecule has 0 aliphatic rings. The number of rotatable bonds is 5. The second kappa shape index (κ2) is 7.95. The number of ether oxygens (including phenoxy) is 1. The van der Waals surface area contributed by atoms with Gasteiger partial charge in [-0.25, -0.2) is 4.79 Å². The van der Waals surface area contributed by atoms with Gasteiger partial charge in [-0.05, 0) is 45.4 Å². The van der Waals surface area contributed by atoms with Crippen LogP contribution >= 0.6 is 11.6 Å². The molecule has 1 amide bonds. The number of carboxylic acid groups (broad SMARTS) is 1. The number of carboxylic acids is 1. The number of aliphatic carboxylic acids is 1. The maximum atomic E-state index is 13.0. The highest BCUT2D eigenvalue weighted by molar-refractivity contribution is 6.31. The third-order valence-corrected chi connectivity index (χ3v) is 3.28. The van der Waals surface area contributed by atoms with Crippen molar-refractivity contribution >= 4 is 29.4 Å². The third kappa shape index (κ3) is 6.81. The maximum absolute atomic E-state index is 13.0. The Kier molecular flexibility index (Phi) is 6.70. The van der Waals surface area contributed by atoms with Crippen LogP contribution in [0, 0.1) is 0 Å². The van der Waals surface area contributed by atoms with Gasteiger partial charge in [0.25, 0.3) is 0 Å². The molecule has 0 radical (unpaired) electrons. The molecule has 0 atom stereocenters. The van der Waals surface area contributed by atoms with E-state index in [0.29, 0.717) is 0 Å². The Labute approximate surface area is 148 Å². The zero-order valence-corrected chi connectivity index (χ0v) is 14.7. The molecule has 0 fully saturated rings. The van der Waals surface area contributed by atoms with Crippen LogP contribution in [0.2, 0.25) is 5.02 Å². The van der Waals surface area contributed by atoms with E-state index in [1.54, 1.807) is 20.8 Å². The van der Waals surface area contributed by atoms with Crippen LogP contribution in [0.3, 0.4) is 0 Å². The molecule has 0 bridgehead atoms. The lowest BCUT2D eigenvalue weighted by Crippen LogP contribution is -2.37. The molecule has 0 aromatic heterocycles. The van der Waals surface area contributed by atoms with Crippen molar-refractivity contribution < 1.29 is 32.6 Å². The first-order chi connectivity index (χ1) is 11.3. The Hall–Kier alpha value is -1.96. The van der Waals surface area contributed by atoms with Crippen molar-refractivity contribution in [2.45, 2.75) is 45.4 Å². The van der Waals surface area contributed by atoms with Crippen LogP contribution in [0.15, 0.2) is 18.2 Å². The number of hydrogen-bond acceptors (Lipinski definition) is 3. The number of carbonyl (C=O) groups is 2. The van der Waals surface area contributed by atoms with E-state index < -0.39 is 34.4 Å². The minimum absolute atomic E-state index is 0.0541. The summed E-state index contributed by atoms with van der Waals surface area (Å²) in [5.41, 5.74) is -2.02.